The van der Waals surface area contributed by atoms with Gasteiger partial charge in [-0.1, -0.05) is 62.2 Å². The summed E-state index contributed by atoms with van der Waals surface area (Å²) in [6, 6.07) is 7.06. The zero-order valence-corrected chi connectivity index (χ0v) is 15.3. The number of nitrogens with zero attached hydrogens (tertiary/aromatic N) is 1. The molecule has 0 unspecified atom stereocenters. The van der Waals surface area contributed by atoms with Crippen molar-refractivity contribution in [3.63, 3.8) is 0 Å². The van der Waals surface area contributed by atoms with Crippen LogP contribution in [0.3, 0.4) is 0 Å². The van der Waals surface area contributed by atoms with E-state index in [9.17, 15) is 14.0 Å². The van der Waals surface area contributed by atoms with E-state index in [1.807, 2.05) is 32.9 Å². The van der Waals surface area contributed by atoms with Crippen LogP contribution in [0.2, 0.25) is 10.3 Å². The number of halogens is 3. The summed E-state index contributed by atoms with van der Waals surface area (Å²) in [7, 11) is 0. The molecule has 0 bridgehead atoms. The number of amides is 2. The number of nitrogens with two attached hydrogens (primary N) is 1. The first-order valence-corrected chi connectivity index (χ1v) is 8.04. The Kier molecular flexibility index (Phi) is 5.34. The van der Waals surface area contributed by atoms with Gasteiger partial charge in [-0.15, -0.1) is 0 Å². The van der Waals surface area contributed by atoms with Crippen molar-refractivity contribution in [1.82, 2.24) is 4.98 Å². The third kappa shape index (κ3) is 3.91. The van der Waals surface area contributed by atoms with E-state index in [1.54, 1.807) is 12.1 Å². The SMILES string of the molecule is CC(C)(C)c1ccccc1NC(=O)c1c(F)c(Cl)nc(Cl)c1C(N)=O. The van der Waals surface area contributed by atoms with Crippen LogP contribution < -0.4 is 11.1 Å². The summed E-state index contributed by atoms with van der Waals surface area (Å²) in [5.41, 5.74) is 5.08. The van der Waals surface area contributed by atoms with Gasteiger partial charge in [-0.2, -0.15) is 0 Å². The molecule has 1 aromatic carbocycles. The maximum absolute atomic E-state index is 14.4. The van der Waals surface area contributed by atoms with E-state index in [2.05, 4.69) is 10.3 Å². The Bertz CT molecular complexity index is 864. The van der Waals surface area contributed by atoms with Gasteiger partial charge in [0.2, 0.25) is 0 Å². The monoisotopic (exact) mass is 383 g/mol. The number of carbonyl (C=O) groups is 2. The molecule has 5 nitrogen and oxygen atoms in total. The van der Waals surface area contributed by atoms with Gasteiger partial charge in [-0.05, 0) is 17.0 Å². The lowest BCUT2D eigenvalue weighted by Gasteiger charge is -2.23. The number of rotatable bonds is 3. The molecule has 8 heteroatoms. The Balaban J connectivity index is 2.56. The molecule has 1 aromatic heterocycles. The molecule has 0 aliphatic heterocycles. The molecule has 0 radical (unpaired) electrons. The predicted octanol–water partition coefficient (Wildman–Crippen LogP) is 4.18. The Hall–Kier alpha value is -2.18. The van der Waals surface area contributed by atoms with Crippen molar-refractivity contribution in [3.8, 4) is 0 Å². The lowest BCUT2D eigenvalue weighted by Crippen LogP contribution is -2.25. The smallest absolute Gasteiger partial charge is 0.259 e. The number of benzene rings is 1. The quantitative estimate of drug-likeness (QED) is 0.779. The first-order chi connectivity index (χ1) is 11.5. The number of primary amides is 1. The van der Waals surface area contributed by atoms with E-state index in [-0.39, 0.29) is 5.41 Å². The van der Waals surface area contributed by atoms with Crippen molar-refractivity contribution < 1.29 is 14.0 Å². The minimum Gasteiger partial charge on any atom is -0.365 e. The fourth-order valence-corrected chi connectivity index (χ4v) is 2.87. The number of aromatic nitrogens is 1. The lowest BCUT2D eigenvalue weighted by molar-refractivity contribution is 0.0974. The average Bonchev–Trinajstić information content (AvgIpc) is 2.49. The second-order valence-corrected chi connectivity index (χ2v) is 7.09. The molecule has 132 valence electrons. The highest BCUT2D eigenvalue weighted by Gasteiger charge is 2.28. The van der Waals surface area contributed by atoms with Crippen LogP contribution in [-0.4, -0.2) is 16.8 Å². The fraction of sp³-hybridized carbons (Fsp3) is 0.235. The van der Waals surface area contributed by atoms with Crippen LogP contribution in [0.5, 0.6) is 0 Å². The van der Waals surface area contributed by atoms with Gasteiger partial charge in [0.25, 0.3) is 11.8 Å². The van der Waals surface area contributed by atoms with Crippen molar-refractivity contribution in [2.75, 3.05) is 5.32 Å². The Labute approximate surface area is 154 Å². The number of anilines is 1. The van der Waals surface area contributed by atoms with Gasteiger partial charge in [-0.25, -0.2) is 9.37 Å². The molecular formula is C17H16Cl2FN3O2. The van der Waals surface area contributed by atoms with E-state index in [0.717, 1.165) is 5.56 Å². The van der Waals surface area contributed by atoms with E-state index in [0.29, 0.717) is 5.69 Å². The highest BCUT2D eigenvalue weighted by atomic mass is 35.5. The lowest BCUT2D eigenvalue weighted by atomic mass is 9.86. The van der Waals surface area contributed by atoms with Gasteiger partial charge in [0.1, 0.15) is 5.15 Å². The summed E-state index contributed by atoms with van der Waals surface area (Å²) in [4.78, 5) is 27.7. The maximum Gasteiger partial charge on any atom is 0.259 e. The van der Waals surface area contributed by atoms with Gasteiger partial charge in [0.05, 0.1) is 11.1 Å². The predicted molar refractivity (Wildman–Crippen MR) is 95.8 cm³/mol. The van der Waals surface area contributed by atoms with Gasteiger partial charge < -0.3 is 11.1 Å². The van der Waals surface area contributed by atoms with Gasteiger partial charge in [-0.3, -0.25) is 9.59 Å². The van der Waals surface area contributed by atoms with Crippen LogP contribution in [0.25, 0.3) is 0 Å². The molecule has 0 aliphatic carbocycles. The van der Waals surface area contributed by atoms with Gasteiger partial charge >= 0.3 is 0 Å². The summed E-state index contributed by atoms with van der Waals surface area (Å²) < 4.78 is 14.4. The van der Waals surface area contributed by atoms with Crippen molar-refractivity contribution in [2.45, 2.75) is 26.2 Å². The van der Waals surface area contributed by atoms with E-state index < -0.39 is 39.1 Å². The molecule has 2 amide bonds. The van der Waals surface area contributed by atoms with Crippen LogP contribution in [0, 0.1) is 5.82 Å². The van der Waals surface area contributed by atoms with Crippen molar-refractivity contribution >= 4 is 40.7 Å². The van der Waals surface area contributed by atoms with Gasteiger partial charge in [0, 0.05) is 5.69 Å². The summed E-state index contributed by atoms with van der Waals surface area (Å²) in [5.74, 6) is -3.14. The molecule has 0 fully saturated rings. The zero-order valence-electron chi connectivity index (χ0n) is 13.8. The molecule has 0 atom stereocenters. The minimum atomic E-state index is -1.16. The number of para-hydroxylation sites is 1. The van der Waals surface area contributed by atoms with Gasteiger partial charge in [0.15, 0.2) is 11.0 Å². The molecule has 1 heterocycles. The van der Waals surface area contributed by atoms with Crippen LogP contribution in [0.4, 0.5) is 10.1 Å². The summed E-state index contributed by atoms with van der Waals surface area (Å²) >= 11 is 11.5. The largest absolute Gasteiger partial charge is 0.365 e. The Morgan fingerprint density at radius 2 is 1.72 bits per heavy atom. The topological polar surface area (TPSA) is 85.1 Å². The Morgan fingerprint density at radius 3 is 2.28 bits per heavy atom. The Morgan fingerprint density at radius 1 is 1.12 bits per heavy atom. The first-order valence-electron chi connectivity index (χ1n) is 7.29. The normalized spacial score (nSPS) is 11.3. The summed E-state index contributed by atoms with van der Waals surface area (Å²) in [6.07, 6.45) is 0. The maximum atomic E-state index is 14.4. The molecular weight excluding hydrogens is 368 g/mol. The molecule has 3 N–H and O–H groups in total. The zero-order chi connectivity index (χ0) is 18.9. The second kappa shape index (κ2) is 6.98. The molecule has 2 aromatic rings. The number of hydrogen-bond donors (Lipinski definition) is 2. The van der Waals surface area contributed by atoms with Crippen LogP contribution in [-0.2, 0) is 5.41 Å². The number of carbonyl (C=O) groups excluding carboxylic acids is 2. The third-order valence-corrected chi connectivity index (χ3v) is 4.03. The van der Waals surface area contributed by atoms with Crippen molar-refractivity contribution in [3.05, 3.63) is 57.1 Å². The summed E-state index contributed by atoms with van der Waals surface area (Å²) in [6.45, 7) is 5.90. The molecule has 0 saturated carbocycles. The minimum absolute atomic E-state index is 0.275. The number of pyridine rings is 1. The van der Waals surface area contributed by atoms with E-state index in [4.69, 9.17) is 28.9 Å². The first kappa shape index (κ1) is 19.1. The molecule has 2 rings (SSSR count). The number of hydrogen-bond acceptors (Lipinski definition) is 3. The van der Waals surface area contributed by atoms with Crippen molar-refractivity contribution in [1.29, 1.82) is 0 Å². The van der Waals surface area contributed by atoms with Crippen LogP contribution >= 0.6 is 23.2 Å². The molecule has 0 saturated heterocycles. The van der Waals surface area contributed by atoms with E-state index in [1.165, 1.54) is 0 Å². The molecule has 0 aliphatic rings. The highest BCUT2D eigenvalue weighted by molar-refractivity contribution is 6.36. The third-order valence-electron chi connectivity index (χ3n) is 3.51. The highest BCUT2D eigenvalue weighted by Crippen LogP contribution is 2.31. The summed E-state index contributed by atoms with van der Waals surface area (Å²) in [5, 5.41) is 1.53. The van der Waals surface area contributed by atoms with Crippen molar-refractivity contribution in [2.24, 2.45) is 5.73 Å². The fourth-order valence-electron chi connectivity index (χ4n) is 2.38. The van der Waals surface area contributed by atoms with Crippen LogP contribution in [0.1, 0.15) is 47.1 Å². The van der Waals surface area contributed by atoms with E-state index >= 15 is 0 Å². The average molecular weight is 384 g/mol. The second-order valence-electron chi connectivity index (χ2n) is 6.37. The number of nitrogens with one attached hydrogen (secondary N) is 1. The molecule has 0 spiro atoms. The molecule has 25 heavy (non-hydrogen) atoms. The van der Waals surface area contributed by atoms with Crippen LogP contribution in [0.15, 0.2) is 24.3 Å². The standard InChI is InChI=1S/C17H16Cl2FN3O2/c1-17(2,3)8-6-4-5-7-9(8)22-16(25)10-11(15(21)24)13(18)23-14(19)12(10)20/h4-7H,1-3H3,(H2,21,24)(H,22,25).